The predicted molar refractivity (Wildman–Crippen MR) is 130 cm³/mol. The summed E-state index contributed by atoms with van der Waals surface area (Å²) in [5.74, 6) is -0.0139. The number of carbonyl (C=O) groups excluding carboxylic acids is 1. The number of aromatic nitrogens is 2. The Bertz CT molecular complexity index is 1380. The second-order valence-electron chi connectivity index (χ2n) is 8.32. The normalized spacial score (nSPS) is 16.0. The van der Waals surface area contributed by atoms with Crippen LogP contribution in [-0.4, -0.2) is 33.9 Å². The standard InChI is InChI=1S/C25H25N3O4S/c1-15-7-5-8-16(2)21(15)26-20(29)14-33-25-27-22-18-10-3-4-11-19(18)32-23(22)24(30)28(25)13-17-9-6-12-31-17/h3-5,7-8,10-11,17H,6,9,12-14H2,1-2H3,(H,26,29). The largest absolute Gasteiger partial charge is 0.448 e. The molecule has 5 rings (SSSR count). The van der Waals surface area contributed by atoms with Crippen LogP contribution in [0.1, 0.15) is 24.0 Å². The second kappa shape index (κ2) is 9.03. The molecule has 1 fully saturated rings. The van der Waals surface area contributed by atoms with Crippen molar-refractivity contribution in [3.63, 3.8) is 0 Å². The van der Waals surface area contributed by atoms with Gasteiger partial charge in [-0.15, -0.1) is 0 Å². The molecule has 0 saturated carbocycles. The summed E-state index contributed by atoms with van der Waals surface area (Å²) >= 11 is 1.25. The number of hydrogen-bond donors (Lipinski definition) is 1. The Morgan fingerprint density at radius 2 is 1.97 bits per heavy atom. The number of nitrogens with zero attached hydrogens (tertiary/aromatic N) is 2. The third-order valence-electron chi connectivity index (χ3n) is 5.94. The second-order valence-corrected chi connectivity index (χ2v) is 9.27. The quantitative estimate of drug-likeness (QED) is 0.330. The lowest BCUT2D eigenvalue weighted by Crippen LogP contribution is -2.29. The van der Waals surface area contributed by atoms with Crippen molar-refractivity contribution in [1.82, 2.24) is 9.55 Å². The molecular weight excluding hydrogens is 438 g/mol. The highest BCUT2D eigenvalue weighted by atomic mass is 32.2. The molecule has 1 N–H and O–H groups in total. The van der Waals surface area contributed by atoms with Crippen LogP contribution in [0.25, 0.3) is 22.1 Å². The summed E-state index contributed by atoms with van der Waals surface area (Å²) in [4.78, 5) is 30.9. The fourth-order valence-electron chi connectivity index (χ4n) is 4.23. The smallest absolute Gasteiger partial charge is 0.297 e. The molecule has 0 spiro atoms. The Morgan fingerprint density at radius 3 is 2.73 bits per heavy atom. The summed E-state index contributed by atoms with van der Waals surface area (Å²) in [6.07, 6.45) is 1.82. The molecule has 33 heavy (non-hydrogen) atoms. The maximum Gasteiger partial charge on any atom is 0.297 e. The van der Waals surface area contributed by atoms with Gasteiger partial charge in [0, 0.05) is 17.7 Å². The molecule has 2 aromatic carbocycles. The first-order chi connectivity index (χ1) is 16.0. The topological polar surface area (TPSA) is 86.4 Å². The molecule has 4 aromatic rings. The molecule has 1 aliphatic rings. The number of aryl methyl sites for hydroxylation is 2. The molecule has 1 saturated heterocycles. The Kier molecular flexibility index (Phi) is 5.95. The molecular formula is C25H25N3O4S. The highest BCUT2D eigenvalue weighted by molar-refractivity contribution is 7.99. The number of anilines is 1. The maximum atomic E-state index is 13.4. The van der Waals surface area contributed by atoms with E-state index in [1.807, 2.05) is 56.3 Å². The summed E-state index contributed by atoms with van der Waals surface area (Å²) in [6.45, 7) is 5.02. The molecule has 7 nitrogen and oxygen atoms in total. The van der Waals surface area contributed by atoms with Gasteiger partial charge >= 0.3 is 0 Å². The summed E-state index contributed by atoms with van der Waals surface area (Å²) in [5, 5.41) is 4.28. The minimum Gasteiger partial charge on any atom is -0.448 e. The number of para-hydroxylation sites is 2. The SMILES string of the molecule is Cc1cccc(C)c1NC(=O)CSc1nc2c(oc3ccccc32)c(=O)n1CC1CCCO1. The van der Waals surface area contributed by atoms with Crippen LogP contribution in [0.4, 0.5) is 5.69 Å². The Balaban J connectivity index is 1.48. The fraction of sp³-hybridized carbons (Fsp3) is 0.320. The first kappa shape index (κ1) is 21.7. The number of amides is 1. The van der Waals surface area contributed by atoms with Crippen molar-refractivity contribution >= 4 is 45.4 Å². The Labute approximate surface area is 195 Å². The Morgan fingerprint density at radius 1 is 1.18 bits per heavy atom. The first-order valence-corrected chi connectivity index (χ1v) is 12.0. The molecule has 1 aliphatic heterocycles. The van der Waals surface area contributed by atoms with Gasteiger partial charge in [-0.3, -0.25) is 14.2 Å². The number of nitrogens with one attached hydrogen (secondary N) is 1. The molecule has 3 heterocycles. The number of carbonyl (C=O) groups is 1. The fourth-order valence-corrected chi connectivity index (χ4v) is 5.04. The number of fused-ring (bicyclic) bond motifs is 3. The van der Waals surface area contributed by atoms with E-state index in [-0.39, 0.29) is 28.9 Å². The minimum atomic E-state index is -0.246. The van der Waals surface area contributed by atoms with E-state index in [9.17, 15) is 9.59 Å². The first-order valence-electron chi connectivity index (χ1n) is 11.0. The van der Waals surface area contributed by atoms with Gasteiger partial charge in [-0.25, -0.2) is 4.98 Å². The third kappa shape index (κ3) is 4.28. The highest BCUT2D eigenvalue weighted by Crippen LogP contribution is 2.28. The summed E-state index contributed by atoms with van der Waals surface area (Å²) < 4.78 is 13.2. The van der Waals surface area contributed by atoms with Crippen molar-refractivity contribution in [3.8, 4) is 0 Å². The number of rotatable bonds is 6. The van der Waals surface area contributed by atoms with Crippen molar-refractivity contribution in [2.24, 2.45) is 0 Å². The van der Waals surface area contributed by atoms with E-state index >= 15 is 0 Å². The third-order valence-corrected chi connectivity index (χ3v) is 6.91. The van der Waals surface area contributed by atoms with Gasteiger partial charge in [-0.2, -0.15) is 0 Å². The van der Waals surface area contributed by atoms with Gasteiger partial charge < -0.3 is 14.5 Å². The van der Waals surface area contributed by atoms with Crippen molar-refractivity contribution in [3.05, 3.63) is 63.9 Å². The van der Waals surface area contributed by atoms with Crippen LogP contribution in [0.15, 0.2) is 56.8 Å². The lowest BCUT2D eigenvalue weighted by molar-refractivity contribution is -0.113. The lowest BCUT2D eigenvalue weighted by atomic mass is 10.1. The van der Waals surface area contributed by atoms with Gasteiger partial charge in [0.05, 0.1) is 18.4 Å². The predicted octanol–water partition coefficient (Wildman–Crippen LogP) is 4.67. The zero-order chi connectivity index (χ0) is 22.9. The summed E-state index contributed by atoms with van der Waals surface area (Å²) in [5.41, 5.74) is 3.97. The molecule has 1 unspecified atom stereocenters. The average Bonchev–Trinajstić information content (AvgIpc) is 3.45. The molecule has 1 amide bonds. The minimum absolute atomic E-state index is 0.0471. The molecule has 0 aliphatic carbocycles. The van der Waals surface area contributed by atoms with E-state index in [0.717, 1.165) is 35.0 Å². The number of thioether (sulfide) groups is 1. The van der Waals surface area contributed by atoms with Crippen molar-refractivity contribution in [2.45, 2.75) is 44.5 Å². The van der Waals surface area contributed by atoms with E-state index in [1.165, 1.54) is 11.8 Å². The van der Waals surface area contributed by atoms with Crippen LogP contribution in [0.2, 0.25) is 0 Å². The molecule has 1 atom stereocenters. The van der Waals surface area contributed by atoms with Crippen molar-refractivity contribution < 1.29 is 13.9 Å². The number of hydrogen-bond acceptors (Lipinski definition) is 6. The molecule has 170 valence electrons. The van der Waals surface area contributed by atoms with Gasteiger partial charge in [0.25, 0.3) is 5.56 Å². The summed E-state index contributed by atoms with van der Waals surface area (Å²) in [7, 11) is 0. The molecule has 0 radical (unpaired) electrons. The highest BCUT2D eigenvalue weighted by Gasteiger charge is 2.23. The van der Waals surface area contributed by atoms with Crippen molar-refractivity contribution in [1.29, 1.82) is 0 Å². The van der Waals surface area contributed by atoms with Gasteiger partial charge in [-0.1, -0.05) is 42.1 Å². The van der Waals surface area contributed by atoms with Crippen LogP contribution in [0.3, 0.4) is 0 Å². The van der Waals surface area contributed by atoms with Gasteiger partial charge in [-0.05, 0) is 49.9 Å². The van der Waals surface area contributed by atoms with E-state index in [1.54, 1.807) is 4.57 Å². The van der Waals surface area contributed by atoms with Gasteiger partial charge in [0.15, 0.2) is 5.16 Å². The van der Waals surface area contributed by atoms with Crippen LogP contribution >= 0.6 is 11.8 Å². The lowest BCUT2D eigenvalue weighted by Gasteiger charge is -2.16. The maximum absolute atomic E-state index is 13.4. The average molecular weight is 464 g/mol. The van der Waals surface area contributed by atoms with Gasteiger partial charge in [0.2, 0.25) is 11.5 Å². The van der Waals surface area contributed by atoms with E-state index in [0.29, 0.717) is 29.4 Å². The zero-order valence-electron chi connectivity index (χ0n) is 18.6. The van der Waals surface area contributed by atoms with Crippen LogP contribution in [0.5, 0.6) is 0 Å². The number of benzene rings is 2. The zero-order valence-corrected chi connectivity index (χ0v) is 19.4. The molecule has 8 heteroatoms. The number of ether oxygens (including phenoxy) is 1. The monoisotopic (exact) mass is 463 g/mol. The Hall–Kier alpha value is -3.10. The summed E-state index contributed by atoms with van der Waals surface area (Å²) in [6, 6.07) is 13.4. The van der Waals surface area contributed by atoms with Crippen LogP contribution < -0.4 is 10.9 Å². The van der Waals surface area contributed by atoms with E-state index in [2.05, 4.69) is 5.32 Å². The van der Waals surface area contributed by atoms with Gasteiger partial charge in [0.1, 0.15) is 11.1 Å². The number of furan rings is 1. The van der Waals surface area contributed by atoms with Crippen LogP contribution in [-0.2, 0) is 16.1 Å². The van der Waals surface area contributed by atoms with E-state index < -0.39 is 0 Å². The van der Waals surface area contributed by atoms with E-state index in [4.69, 9.17) is 14.1 Å². The van der Waals surface area contributed by atoms with Crippen molar-refractivity contribution in [2.75, 3.05) is 17.7 Å². The molecule has 0 bridgehead atoms. The molecule has 2 aromatic heterocycles. The van der Waals surface area contributed by atoms with Crippen LogP contribution in [0, 0.1) is 13.8 Å².